The minimum absolute atomic E-state index is 0.0243. The fourth-order valence-corrected chi connectivity index (χ4v) is 2.39. The van der Waals surface area contributed by atoms with Gasteiger partial charge in [0.25, 0.3) is 5.91 Å². The molecule has 18 heavy (non-hydrogen) atoms. The first-order valence-corrected chi connectivity index (χ1v) is 6.36. The van der Waals surface area contributed by atoms with E-state index in [4.69, 9.17) is 17.3 Å². The van der Waals surface area contributed by atoms with Crippen molar-refractivity contribution in [1.29, 1.82) is 0 Å². The van der Waals surface area contributed by atoms with E-state index in [-0.39, 0.29) is 17.0 Å². The molecule has 1 fully saturated rings. The molecule has 1 heterocycles. The van der Waals surface area contributed by atoms with E-state index < -0.39 is 5.82 Å². The molecule has 1 saturated heterocycles. The lowest BCUT2D eigenvalue weighted by Crippen LogP contribution is -2.33. The summed E-state index contributed by atoms with van der Waals surface area (Å²) in [6, 6.07) is 4.13. The molecule has 1 aliphatic heterocycles. The zero-order valence-electron chi connectivity index (χ0n) is 10.2. The van der Waals surface area contributed by atoms with Gasteiger partial charge in [-0.15, -0.1) is 0 Å². The van der Waals surface area contributed by atoms with E-state index >= 15 is 0 Å². The first-order chi connectivity index (χ1) is 8.49. The lowest BCUT2D eigenvalue weighted by Gasteiger charge is -2.18. The highest BCUT2D eigenvalue weighted by Gasteiger charge is 2.29. The zero-order chi connectivity index (χ0) is 13.3. The summed E-state index contributed by atoms with van der Waals surface area (Å²) in [4.78, 5) is 13.9. The molecule has 1 aromatic rings. The first-order valence-electron chi connectivity index (χ1n) is 5.99. The number of hydrogen-bond donors (Lipinski definition) is 1. The summed E-state index contributed by atoms with van der Waals surface area (Å²) in [5.41, 5.74) is 6.26. The molecule has 1 aliphatic rings. The van der Waals surface area contributed by atoms with E-state index in [1.54, 1.807) is 4.90 Å². The van der Waals surface area contributed by atoms with E-state index in [0.29, 0.717) is 24.6 Å². The largest absolute Gasteiger partial charge is 0.338 e. The fourth-order valence-electron chi connectivity index (χ4n) is 2.21. The minimum Gasteiger partial charge on any atom is -0.338 e. The van der Waals surface area contributed by atoms with Gasteiger partial charge in [-0.3, -0.25) is 4.79 Å². The zero-order valence-corrected chi connectivity index (χ0v) is 11.0. The highest BCUT2D eigenvalue weighted by Crippen LogP contribution is 2.22. The van der Waals surface area contributed by atoms with Gasteiger partial charge in [-0.1, -0.05) is 11.6 Å². The molecule has 0 aliphatic carbocycles. The quantitative estimate of drug-likeness (QED) is 0.896. The van der Waals surface area contributed by atoms with Gasteiger partial charge in [0.15, 0.2) is 0 Å². The molecular weight excluding hydrogens is 255 g/mol. The first kappa shape index (κ1) is 13.3. The van der Waals surface area contributed by atoms with Crippen molar-refractivity contribution in [3.05, 3.63) is 34.6 Å². The highest BCUT2D eigenvalue weighted by molar-refractivity contribution is 6.31. The Kier molecular flexibility index (Phi) is 3.88. The number of carbonyl (C=O) groups is 1. The number of carbonyl (C=O) groups excluding carboxylic acids is 1. The second kappa shape index (κ2) is 5.24. The van der Waals surface area contributed by atoms with E-state index in [2.05, 4.69) is 0 Å². The third-order valence-corrected chi connectivity index (χ3v) is 3.71. The average Bonchev–Trinajstić information content (AvgIpc) is 2.81. The second-order valence-corrected chi connectivity index (χ2v) is 5.20. The Balaban J connectivity index is 2.10. The van der Waals surface area contributed by atoms with Crippen molar-refractivity contribution in [1.82, 2.24) is 4.90 Å². The van der Waals surface area contributed by atoms with E-state index in [9.17, 15) is 9.18 Å². The van der Waals surface area contributed by atoms with E-state index in [1.807, 2.05) is 6.92 Å². The Labute approximate surface area is 111 Å². The van der Waals surface area contributed by atoms with Crippen molar-refractivity contribution < 1.29 is 9.18 Å². The molecule has 2 unspecified atom stereocenters. The lowest BCUT2D eigenvalue weighted by atomic mass is 10.0. The molecule has 2 rings (SSSR count). The Bertz CT molecular complexity index is 464. The molecule has 98 valence electrons. The van der Waals surface area contributed by atoms with Crippen molar-refractivity contribution in [3.63, 3.8) is 0 Å². The van der Waals surface area contributed by atoms with Crippen LogP contribution in [0.4, 0.5) is 4.39 Å². The maximum atomic E-state index is 13.0. The van der Waals surface area contributed by atoms with Crippen molar-refractivity contribution in [3.8, 4) is 0 Å². The summed E-state index contributed by atoms with van der Waals surface area (Å²) in [7, 11) is 0. The number of benzene rings is 1. The number of rotatable bonds is 2. The predicted octanol–water partition coefficient (Wildman–Crippen LogP) is 2.29. The van der Waals surface area contributed by atoms with Crippen molar-refractivity contribution in [2.75, 3.05) is 13.1 Å². The molecule has 0 saturated carbocycles. The van der Waals surface area contributed by atoms with Gasteiger partial charge < -0.3 is 10.6 Å². The fraction of sp³-hybridized carbons (Fsp3) is 0.462. The predicted molar refractivity (Wildman–Crippen MR) is 69.1 cm³/mol. The summed E-state index contributed by atoms with van der Waals surface area (Å²) in [6.07, 6.45) is 0.915. The normalized spacial score (nSPS) is 21.1. The smallest absolute Gasteiger partial charge is 0.253 e. The Morgan fingerprint density at radius 3 is 2.89 bits per heavy atom. The Hall–Kier alpha value is -1.13. The van der Waals surface area contributed by atoms with Gasteiger partial charge in [-0.2, -0.15) is 0 Å². The van der Waals surface area contributed by atoms with Crippen LogP contribution in [0.15, 0.2) is 18.2 Å². The Morgan fingerprint density at radius 2 is 2.33 bits per heavy atom. The van der Waals surface area contributed by atoms with Crippen LogP contribution in [0.2, 0.25) is 5.02 Å². The van der Waals surface area contributed by atoms with Gasteiger partial charge in [-0.05, 0) is 37.5 Å². The van der Waals surface area contributed by atoms with E-state index in [0.717, 1.165) is 6.42 Å². The standard InChI is InChI=1S/C13H16ClFN2O/c1-8(16)10-4-5-17(7-10)13(18)9-2-3-12(15)11(14)6-9/h2-3,6,8,10H,4-5,7,16H2,1H3. The monoisotopic (exact) mass is 270 g/mol. The van der Waals surface area contributed by atoms with Crippen LogP contribution < -0.4 is 5.73 Å². The van der Waals surface area contributed by atoms with Crippen molar-refractivity contribution in [2.24, 2.45) is 11.7 Å². The van der Waals surface area contributed by atoms with Crippen molar-refractivity contribution in [2.45, 2.75) is 19.4 Å². The summed E-state index contributed by atoms with van der Waals surface area (Å²) in [5.74, 6) is -0.284. The maximum Gasteiger partial charge on any atom is 0.253 e. The maximum absolute atomic E-state index is 13.0. The van der Waals surface area contributed by atoms with Crippen molar-refractivity contribution >= 4 is 17.5 Å². The van der Waals surface area contributed by atoms with Gasteiger partial charge >= 0.3 is 0 Å². The van der Waals surface area contributed by atoms with E-state index in [1.165, 1.54) is 18.2 Å². The van der Waals surface area contributed by atoms with Gasteiger partial charge in [0.05, 0.1) is 5.02 Å². The second-order valence-electron chi connectivity index (χ2n) is 4.79. The van der Waals surface area contributed by atoms with Crippen LogP contribution in [0.3, 0.4) is 0 Å². The van der Waals surface area contributed by atoms with Crippen LogP contribution in [0, 0.1) is 11.7 Å². The molecular formula is C13H16ClFN2O. The molecule has 2 N–H and O–H groups in total. The molecule has 0 aromatic heterocycles. The van der Waals surface area contributed by atoms with Gasteiger partial charge in [0, 0.05) is 24.7 Å². The number of likely N-dealkylation sites (tertiary alicyclic amines) is 1. The molecule has 0 bridgehead atoms. The van der Waals surface area contributed by atoms with Crippen LogP contribution >= 0.6 is 11.6 Å². The van der Waals surface area contributed by atoms with Crippen LogP contribution in [0.1, 0.15) is 23.7 Å². The average molecular weight is 271 g/mol. The molecule has 1 aromatic carbocycles. The van der Waals surface area contributed by atoms with Gasteiger partial charge in [-0.25, -0.2) is 4.39 Å². The summed E-state index contributed by atoms with van der Waals surface area (Å²) < 4.78 is 13.0. The SMILES string of the molecule is CC(N)C1CCN(C(=O)c2ccc(F)c(Cl)c2)C1. The van der Waals surface area contributed by atoms with Crippen LogP contribution in [-0.4, -0.2) is 29.9 Å². The number of halogens is 2. The lowest BCUT2D eigenvalue weighted by molar-refractivity contribution is 0.0786. The number of nitrogens with two attached hydrogens (primary N) is 1. The highest BCUT2D eigenvalue weighted by atomic mass is 35.5. The van der Waals surface area contributed by atoms with Gasteiger partial charge in [0.1, 0.15) is 5.82 Å². The number of amides is 1. The summed E-state index contributed by atoms with van der Waals surface area (Å²) in [6.45, 7) is 3.30. The summed E-state index contributed by atoms with van der Waals surface area (Å²) >= 11 is 5.68. The van der Waals surface area contributed by atoms with Gasteiger partial charge in [0.2, 0.25) is 0 Å². The third-order valence-electron chi connectivity index (χ3n) is 3.42. The molecule has 5 heteroatoms. The third kappa shape index (κ3) is 2.65. The molecule has 0 radical (unpaired) electrons. The molecule has 2 atom stereocenters. The minimum atomic E-state index is -0.511. The topological polar surface area (TPSA) is 46.3 Å². The Morgan fingerprint density at radius 1 is 1.61 bits per heavy atom. The van der Waals surface area contributed by atoms with Crippen LogP contribution in [0.25, 0.3) is 0 Å². The molecule has 1 amide bonds. The molecule has 0 spiro atoms. The molecule has 3 nitrogen and oxygen atoms in total. The van der Waals surface area contributed by atoms with Crippen LogP contribution in [-0.2, 0) is 0 Å². The number of hydrogen-bond acceptors (Lipinski definition) is 2. The summed E-state index contributed by atoms with van der Waals surface area (Å²) in [5, 5.41) is -0.0243. The van der Waals surface area contributed by atoms with Crippen LogP contribution in [0.5, 0.6) is 0 Å². The number of nitrogens with zero attached hydrogens (tertiary/aromatic N) is 1.